The first-order valence-corrected chi connectivity index (χ1v) is 6.72. The highest BCUT2D eigenvalue weighted by molar-refractivity contribution is 7.80. The maximum absolute atomic E-state index is 10.4. The highest BCUT2D eigenvalue weighted by Crippen LogP contribution is 2.16. The molecule has 0 fully saturated rings. The molecule has 1 rings (SSSR count). The van der Waals surface area contributed by atoms with Gasteiger partial charge < -0.3 is 19.6 Å². The molecule has 110 valence electrons. The molecule has 1 aromatic heterocycles. The zero-order valence-electron chi connectivity index (χ0n) is 11.8. The Morgan fingerprint density at radius 1 is 1.55 bits per heavy atom. The van der Waals surface area contributed by atoms with Crippen LogP contribution in [0.25, 0.3) is 0 Å². The fourth-order valence-electron chi connectivity index (χ4n) is 1.65. The molecule has 0 bridgehead atoms. The van der Waals surface area contributed by atoms with Crippen LogP contribution in [0.1, 0.15) is 37.4 Å². The summed E-state index contributed by atoms with van der Waals surface area (Å²) in [6.45, 7) is 6.29. The summed E-state index contributed by atoms with van der Waals surface area (Å²) in [6, 6.07) is 1.79. The second-order valence-electron chi connectivity index (χ2n) is 4.22. The van der Waals surface area contributed by atoms with Crippen molar-refractivity contribution in [2.24, 2.45) is 5.10 Å². The first kappa shape index (κ1) is 16.2. The Morgan fingerprint density at radius 2 is 2.25 bits per heavy atom. The Labute approximate surface area is 123 Å². The number of carbonyl (C=O) groups excluding carboxylic acids is 1. The molecule has 0 amide bonds. The van der Waals surface area contributed by atoms with Gasteiger partial charge in [-0.05, 0) is 45.5 Å². The van der Waals surface area contributed by atoms with Gasteiger partial charge in [0.25, 0.3) is 0 Å². The van der Waals surface area contributed by atoms with Crippen molar-refractivity contribution < 1.29 is 14.3 Å². The zero-order valence-corrected chi connectivity index (χ0v) is 12.6. The molecule has 2 N–H and O–H groups in total. The average molecular weight is 296 g/mol. The van der Waals surface area contributed by atoms with Crippen LogP contribution in [0.5, 0.6) is 0 Å². The fraction of sp³-hybridized carbons (Fsp3) is 0.462. The Hall–Kier alpha value is -1.89. The molecule has 0 atom stereocenters. The summed E-state index contributed by atoms with van der Waals surface area (Å²) >= 11 is 5.00. The summed E-state index contributed by atoms with van der Waals surface area (Å²) in [5.41, 5.74) is 4.27. The standard InChI is InChI=1S/C13H19N3O3S/c1-4-14-13(20)16-15-8(2)11-7-10(19-9(11)3)5-6-12(17)18/h7H,4-6H2,1-3H3,(H,17,18)(H2,14,16,20)/p-1/b15-8-. The zero-order chi connectivity index (χ0) is 15.1. The van der Waals surface area contributed by atoms with E-state index in [4.69, 9.17) is 16.6 Å². The van der Waals surface area contributed by atoms with Crippen molar-refractivity contribution in [2.75, 3.05) is 6.54 Å². The minimum Gasteiger partial charge on any atom is -0.550 e. The average Bonchev–Trinajstić information content (AvgIpc) is 2.75. The van der Waals surface area contributed by atoms with Gasteiger partial charge >= 0.3 is 0 Å². The Kier molecular flexibility index (Phi) is 6.17. The van der Waals surface area contributed by atoms with Crippen LogP contribution in [0.4, 0.5) is 0 Å². The van der Waals surface area contributed by atoms with E-state index in [2.05, 4.69) is 15.8 Å². The molecule has 6 nitrogen and oxygen atoms in total. The summed E-state index contributed by atoms with van der Waals surface area (Å²) in [4.78, 5) is 10.4. The third-order valence-corrected chi connectivity index (χ3v) is 2.83. The van der Waals surface area contributed by atoms with Crippen LogP contribution in [0.15, 0.2) is 15.6 Å². The lowest BCUT2D eigenvalue weighted by Crippen LogP contribution is -2.32. The Morgan fingerprint density at radius 3 is 2.85 bits per heavy atom. The number of aryl methyl sites for hydroxylation is 2. The summed E-state index contributed by atoms with van der Waals surface area (Å²) in [6.07, 6.45) is 0.241. The van der Waals surface area contributed by atoms with Gasteiger partial charge in [0, 0.05) is 24.5 Å². The summed E-state index contributed by atoms with van der Waals surface area (Å²) in [5.74, 6) is 0.199. The number of nitrogens with zero attached hydrogens (tertiary/aromatic N) is 1. The molecular weight excluding hydrogens is 278 g/mol. The minimum absolute atomic E-state index is 0.0641. The van der Waals surface area contributed by atoms with Crippen molar-refractivity contribution in [3.63, 3.8) is 0 Å². The van der Waals surface area contributed by atoms with Gasteiger partial charge in [0.1, 0.15) is 11.5 Å². The van der Waals surface area contributed by atoms with Crippen LogP contribution in [-0.4, -0.2) is 23.3 Å². The maximum Gasteiger partial charge on any atom is 0.186 e. The summed E-state index contributed by atoms with van der Waals surface area (Å²) < 4.78 is 5.49. The van der Waals surface area contributed by atoms with E-state index >= 15 is 0 Å². The van der Waals surface area contributed by atoms with Gasteiger partial charge in [-0.1, -0.05) is 0 Å². The van der Waals surface area contributed by atoms with E-state index in [0.717, 1.165) is 12.1 Å². The molecule has 0 saturated heterocycles. The van der Waals surface area contributed by atoms with E-state index in [9.17, 15) is 9.90 Å². The first-order chi connectivity index (χ1) is 9.43. The lowest BCUT2D eigenvalue weighted by molar-refractivity contribution is -0.305. The number of hydrazone groups is 1. The number of hydrogen-bond donors (Lipinski definition) is 2. The van der Waals surface area contributed by atoms with E-state index in [1.807, 2.05) is 13.8 Å². The quantitative estimate of drug-likeness (QED) is 0.451. The van der Waals surface area contributed by atoms with Crippen molar-refractivity contribution in [3.8, 4) is 0 Å². The van der Waals surface area contributed by atoms with Gasteiger partial charge in [-0.2, -0.15) is 5.10 Å². The number of carbonyl (C=O) groups is 1. The van der Waals surface area contributed by atoms with Gasteiger partial charge in [0.05, 0.1) is 5.71 Å². The normalized spacial score (nSPS) is 11.2. The molecule has 1 heterocycles. The smallest absolute Gasteiger partial charge is 0.186 e. The molecule has 0 aliphatic carbocycles. The number of aliphatic carboxylic acids is 1. The number of rotatable bonds is 6. The first-order valence-electron chi connectivity index (χ1n) is 6.31. The number of nitrogens with one attached hydrogen (secondary N) is 2. The number of thiocarbonyl (C=S) groups is 1. The van der Waals surface area contributed by atoms with Crippen LogP contribution in [0.2, 0.25) is 0 Å². The molecule has 0 aliphatic rings. The highest BCUT2D eigenvalue weighted by atomic mass is 32.1. The Bertz CT molecular complexity index is 523. The molecule has 7 heteroatoms. The van der Waals surface area contributed by atoms with Crippen LogP contribution < -0.4 is 15.8 Å². The van der Waals surface area contributed by atoms with Crippen molar-refractivity contribution in [1.82, 2.24) is 10.7 Å². The summed E-state index contributed by atoms with van der Waals surface area (Å²) in [7, 11) is 0. The lowest BCUT2D eigenvalue weighted by atomic mass is 10.1. The van der Waals surface area contributed by atoms with Crippen molar-refractivity contribution in [3.05, 3.63) is 23.2 Å². The predicted molar refractivity (Wildman–Crippen MR) is 78.4 cm³/mol. The lowest BCUT2D eigenvalue weighted by Gasteiger charge is -2.04. The fourth-order valence-corrected chi connectivity index (χ4v) is 1.84. The summed E-state index contributed by atoms with van der Waals surface area (Å²) in [5, 5.41) is 18.0. The van der Waals surface area contributed by atoms with Gasteiger partial charge in [-0.3, -0.25) is 5.43 Å². The largest absolute Gasteiger partial charge is 0.550 e. The third kappa shape index (κ3) is 5.00. The highest BCUT2D eigenvalue weighted by Gasteiger charge is 2.10. The third-order valence-electron chi connectivity index (χ3n) is 2.60. The number of carboxylic acids is 1. The van der Waals surface area contributed by atoms with E-state index in [1.54, 1.807) is 13.0 Å². The number of carboxylic acid groups (broad SMARTS) is 1. The molecule has 0 unspecified atom stereocenters. The van der Waals surface area contributed by atoms with Crippen LogP contribution in [0.3, 0.4) is 0 Å². The van der Waals surface area contributed by atoms with Gasteiger partial charge in [-0.15, -0.1) is 0 Å². The van der Waals surface area contributed by atoms with E-state index in [0.29, 0.717) is 28.8 Å². The van der Waals surface area contributed by atoms with Gasteiger partial charge in [0.2, 0.25) is 0 Å². The van der Waals surface area contributed by atoms with Crippen molar-refractivity contribution >= 4 is 29.0 Å². The number of furan rings is 1. The Balaban J connectivity index is 2.72. The van der Waals surface area contributed by atoms with Gasteiger partial charge in [-0.25, -0.2) is 0 Å². The molecule has 0 spiro atoms. The second kappa shape index (κ2) is 7.64. The SMILES string of the molecule is CCNC(=S)N/N=C(/C)c1cc(CCC(=O)[O-])oc1C. The molecule has 0 radical (unpaired) electrons. The molecule has 0 saturated carbocycles. The molecular formula is C13H18N3O3S-. The number of hydrogen-bond acceptors (Lipinski definition) is 5. The van der Waals surface area contributed by atoms with Crippen LogP contribution in [0, 0.1) is 6.92 Å². The maximum atomic E-state index is 10.4. The van der Waals surface area contributed by atoms with Crippen molar-refractivity contribution in [2.45, 2.75) is 33.6 Å². The second-order valence-corrected chi connectivity index (χ2v) is 4.63. The van der Waals surface area contributed by atoms with Crippen LogP contribution in [-0.2, 0) is 11.2 Å². The van der Waals surface area contributed by atoms with E-state index in [1.165, 1.54) is 0 Å². The van der Waals surface area contributed by atoms with E-state index < -0.39 is 5.97 Å². The molecule has 0 aliphatic heterocycles. The topological polar surface area (TPSA) is 89.7 Å². The van der Waals surface area contributed by atoms with Gasteiger partial charge in [0.15, 0.2) is 5.11 Å². The molecule has 0 aromatic carbocycles. The van der Waals surface area contributed by atoms with Crippen molar-refractivity contribution in [1.29, 1.82) is 0 Å². The van der Waals surface area contributed by atoms with E-state index in [-0.39, 0.29) is 6.42 Å². The molecule has 1 aromatic rings. The minimum atomic E-state index is -1.09. The predicted octanol–water partition coefficient (Wildman–Crippen LogP) is 0.479. The molecule has 20 heavy (non-hydrogen) atoms. The monoisotopic (exact) mass is 296 g/mol. The van der Waals surface area contributed by atoms with Crippen LogP contribution >= 0.6 is 12.2 Å².